The summed E-state index contributed by atoms with van der Waals surface area (Å²) < 4.78 is 27.7. The number of nitrogens with one attached hydrogen (secondary N) is 1. The zero-order valence-corrected chi connectivity index (χ0v) is 10.6. The monoisotopic (exact) mass is 250 g/mol. The molecule has 1 N–H and O–H groups in total. The lowest BCUT2D eigenvalue weighted by Gasteiger charge is -2.07. The third kappa shape index (κ3) is 2.96. The SMILES string of the molecule is CC(C)NS(=O)(=O)c1cc(CCl)n(C)c1. The van der Waals surface area contributed by atoms with Crippen LogP contribution in [0.2, 0.25) is 0 Å². The minimum absolute atomic E-state index is 0.116. The van der Waals surface area contributed by atoms with Gasteiger partial charge in [-0.05, 0) is 19.9 Å². The summed E-state index contributed by atoms with van der Waals surface area (Å²) >= 11 is 5.67. The van der Waals surface area contributed by atoms with Crippen molar-refractivity contribution in [2.75, 3.05) is 0 Å². The highest BCUT2D eigenvalue weighted by atomic mass is 35.5. The molecule has 0 radical (unpaired) electrons. The lowest BCUT2D eigenvalue weighted by atomic mass is 10.4. The molecule has 0 saturated carbocycles. The van der Waals surface area contributed by atoms with E-state index in [4.69, 9.17) is 11.6 Å². The van der Waals surface area contributed by atoms with Gasteiger partial charge in [-0.2, -0.15) is 0 Å². The van der Waals surface area contributed by atoms with E-state index >= 15 is 0 Å². The molecule has 0 saturated heterocycles. The quantitative estimate of drug-likeness (QED) is 0.823. The van der Waals surface area contributed by atoms with Gasteiger partial charge in [-0.15, -0.1) is 11.6 Å². The van der Waals surface area contributed by atoms with Gasteiger partial charge in [0, 0.05) is 25.0 Å². The third-order valence-electron chi connectivity index (χ3n) is 1.92. The molecular weight excluding hydrogens is 236 g/mol. The summed E-state index contributed by atoms with van der Waals surface area (Å²) in [6.07, 6.45) is 1.56. The van der Waals surface area contributed by atoms with Crippen LogP contribution in [-0.4, -0.2) is 19.0 Å². The molecular formula is C9H15ClN2O2S. The summed E-state index contributed by atoms with van der Waals surface area (Å²) in [5.41, 5.74) is 0.779. The Bertz CT molecular complexity index is 437. The fourth-order valence-electron chi connectivity index (χ4n) is 1.24. The predicted molar refractivity (Wildman–Crippen MR) is 60.4 cm³/mol. The van der Waals surface area contributed by atoms with Gasteiger partial charge in [0.15, 0.2) is 0 Å². The minimum atomic E-state index is -3.40. The zero-order valence-electron chi connectivity index (χ0n) is 8.99. The van der Waals surface area contributed by atoms with E-state index in [1.807, 2.05) is 0 Å². The molecule has 0 fully saturated rings. The molecule has 0 aromatic carbocycles. The number of aryl methyl sites for hydroxylation is 1. The first-order chi connectivity index (χ1) is 6.86. The highest BCUT2D eigenvalue weighted by Gasteiger charge is 2.17. The second-order valence-corrected chi connectivity index (χ2v) is 5.67. The van der Waals surface area contributed by atoms with Crippen LogP contribution >= 0.6 is 11.6 Å². The van der Waals surface area contributed by atoms with E-state index in [1.165, 1.54) is 0 Å². The Balaban J connectivity index is 3.05. The Hall–Kier alpha value is -0.520. The molecule has 15 heavy (non-hydrogen) atoms. The van der Waals surface area contributed by atoms with Gasteiger partial charge in [0.2, 0.25) is 10.0 Å². The van der Waals surface area contributed by atoms with Crippen molar-refractivity contribution in [1.29, 1.82) is 0 Å². The lowest BCUT2D eigenvalue weighted by molar-refractivity contribution is 0.569. The van der Waals surface area contributed by atoms with E-state index in [0.717, 1.165) is 5.69 Å². The van der Waals surface area contributed by atoms with E-state index in [9.17, 15) is 8.42 Å². The summed E-state index contributed by atoms with van der Waals surface area (Å²) in [7, 11) is -1.63. The molecule has 0 aliphatic carbocycles. The molecule has 0 aliphatic rings. The van der Waals surface area contributed by atoms with Gasteiger partial charge >= 0.3 is 0 Å². The molecule has 1 aromatic heterocycles. The van der Waals surface area contributed by atoms with Gasteiger partial charge in [0.1, 0.15) is 0 Å². The first kappa shape index (κ1) is 12.5. The summed E-state index contributed by atoms with van der Waals surface area (Å²) in [5.74, 6) is 0.299. The van der Waals surface area contributed by atoms with Crippen LogP contribution in [0.5, 0.6) is 0 Å². The standard InChI is InChI=1S/C9H15ClN2O2S/c1-7(2)11-15(13,14)9-4-8(5-10)12(3)6-9/h4,6-7,11H,5H2,1-3H3. The van der Waals surface area contributed by atoms with Gasteiger partial charge in [0.25, 0.3) is 0 Å². The fourth-order valence-corrected chi connectivity index (χ4v) is 2.85. The van der Waals surface area contributed by atoms with Crippen LogP contribution < -0.4 is 4.72 Å². The van der Waals surface area contributed by atoms with Crippen LogP contribution in [0.4, 0.5) is 0 Å². The van der Waals surface area contributed by atoms with Crippen LogP contribution in [-0.2, 0) is 23.0 Å². The van der Waals surface area contributed by atoms with E-state index in [0.29, 0.717) is 5.88 Å². The normalized spacial score (nSPS) is 12.3. The molecule has 6 heteroatoms. The number of hydrogen-bond acceptors (Lipinski definition) is 2. The molecule has 4 nitrogen and oxygen atoms in total. The van der Waals surface area contributed by atoms with E-state index in [1.54, 1.807) is 37.7 Å². The number of alkyl halides is 1. The molecule has 0 bridgehead atoms. The molecule has 0 aliphatic heterocycles. The largest absolute Gasteiger partial charge is 0.352 e. The molecule has 1 heterocycles. The van der Waals surface area contributed by atoms with Crippen LogP contribution in [0.25, 0.3) is 0 Å². The van der Waals surface area contributed by atoms with Gasteiger partial charge < -0.3 is 4.57 Å². The van der Waals surface area contributed by atoms with Crippen molar-refractivity contribution in [3.63, 3.8) is 0 Å². The average molecular weight is 251 g/mol. The second kappa shape index (κ2) is 4.55. The summed E-state index contributed by atoms with van der Waals surface area (Å²) in [6.45, 7) is 3.56. The Morgan fingerprint density at radius 3 is 2.53 bits per heavy atom. The van der Waals surface area contributed by atoms with Crippen LogP contribution in [0.3, 0.4) is 0 Å². The molecule has 1 aromatic rings. The predicted octanol–water partition coefficient (Wildman–Crippen LogP) is 1.45. The van der Waals surface area contributed by atoms with Crippen molar-refractivity contribution >= 4 is 21.6 Å². The van der Waals surface area contributed by atoms with Crippen LogP contribution in [0.1, 0.15) is 19.5 Å². The maximum Gasteiger partial charge on any atom is 0.242 e. The van der Waals surface area contributed by atoms with Crippen LogP contribution in [0, 0.1) is 0 Å². The summed E-state index contributed by atoms with van der Waals surface area (Å²) in [5, 5.41) is 0. The average Bonchev–Trinajstić information content (AvgIpc) is 2.45. The van der Waals surface area contributed by atoms with E-state index in [2.05, 4.69) is 4.72 Å². The van der Waals surface area contributed by atoms with Crippen molar-refractivity contribution in [2.45, 2.75) is 30.7 Å². The Labute approximate surface area is 95.3 Å². The molecule has 1 rings (SSSR count). The van der Waals surface area contributed by atoms with E-state index in [-0.39, 0.29) is 10.9 Å². The first-order valence-corrected chi connectivity index (χ1v) is 6.62. The number of sulfonamides is 1. The summed E-state index contributed by atoms with van der Waals surface area (Å²) in [4.78, 5) is 0.259. The molecule has 0 spiro atoms. The van der Waals surface area contributed by atoms with Gasteiger partial charge in [-0.1, -0.05) is 0 Å². The highest BCUT2D eigenvalue weighted by molar-refractivity contribution is 7.89. The summed E-state index contributed by atoms with van der Waals surface area (Å²) in [6, 6.07) is 1.47. The van der Waals surface area contributed by atoms with Crippen LogP contribution in [0.15, 0.2) is 17.2 Å². The zero-order chi connectivity index (χ0) is 11.6. The molecule has 0 amide bonds. The molecule has 86 valence electrons. The number of hydrogen-bond donors (Lipinski definition) is 1. The van der Waals surface area contributed by atoms with Crippen molar-refractivity contribution < 1.29 is 8.42 Å². The Morgan fingerprint density at radius 2 is 2.13 bits per heavy atom. The topological polar surface area (TPSA) is 51.1 Å². The number of rotatable bonds is 4. The lowest BCUT2D eigenvalue weighted by Crippen LogP contribution is -2.29. The maximum absolute atomic E-state index is 11.8. The van der Waals surface area contributed by atoms with Crippen molar-refractivity contribution in [3.8, 4) is 0 Å². The number of aromatic nitrogens is 1. The van der Waals surface area contributed by atoms with Crippen molar-refractivity contribution in [3.05, 3.63) is 18.0 Å². The minimum Gasteiger partial charge on any atom is -0.352 e. The number of nitrogens with zero attached hydrogens (tertiary/aromatic N) is 1. The third-order valence-corrected chi connectivity index (χ3v) is 3.82. The Kier molecular flexibility index (Phi) is 3.81. The molecule has 0 atom stereocenters. The first-order valence-electron chi connectivity index (χ1n) is 4.60. The fraction of sp³-hybridized carbons (Fsp3) is 0.556. The van der Waals surface area contributed by atoms with E-state index < -0.39 is 10.0 Å². The van der Waals surface area contributed by atoms with Gasteiger partial charge in [-0.3, -0.25) is 0 Å². The Morgan fingerprint density at radius 1 is 1.53 bits per heavy atom. The molecule has 0 unspecified atom stereocenters. The second-order valence-electron chi connectivity index (χ2n) is 3.69. The smallest absolute Gasteiger partial charge is 0.242 e. The van der Waals surface area contributed by atoms with Crippen molar-refractivity contribution in [2.24, 2.45) is 7.05 Å². The maximum atomic E-state index is 11.8. The van der Waals surface area contributed by atoms with Gasteiger partial charge in [0.05, 0.1) is 10.8 Å². The van der Waals surface area contributed by atoms with Crippen molar-refractivity contribution in [1.82, 2.24) is 9.29 Å². The van der Waals surface area contributed by atoms with Gasteiger partial charge in [-0.25, -0.2) is 13.1 Å². The highest BCUT2D eigenvalue weighted by Crippen LogP contribution is 2.15. The number of halogens is 1.